The van der Waals surface area contributed by atoms with E-state index in [1.165, 1.54) is 37.8 Å². The van der Waals surface area contributed by atoms with Gasteiger partial charge in [0.25, 0.3) is 0 Å². The van der Waals surface area contributed by atoms with E-state index < -0.39 is 0 Å². The fraction of sp³-hybridized carbons (Fsp3) is 0.714. The molecule has 0 bridgehead atoms. The SMILES string of the molecule is CC(C)CC(CNC1CC1)Cc1ccsc1. The van der Waals surface area contributed by atoms with E-state index in [0.717, 1.165) is 17.9 Å². The van der Waals surface area contributed by atoms with Gasteiger partial charge in [-0.2, -0.15) is 11.3 Å². The minimum absolute atomic E-state index is 0.810. The summed E-state index contributed by atoms with van der Waals surface area (Å²) in [5.74, 6) is 1.62. The number of nitrogens with one attached hydrogen (secondary N) is 1. The lowest BCUT2D eigenvalue weighted by Crippen LogP contribution is -2.27. The summed E-state index contributed by atoms with van der Waals surface area (Å²) in [6, 6.07) is 3.12. The van der Waals surface area contributed by atoms with Gasteiger partial charge in [-0.1, -0.05) is 13.8 Å². The number of rotatable bonds is 7. The predicted octanol–water partition coefficient (Wildman–Crippen LogP) is 3.70. The van der Waals surface area contributed by atoms with Crippen molar-refractivity contribution in [1.29, 1.82) is 0 Å². The van der Waals surface area contributed by atoms with E-state index in [2.05, 4.69) is 36.0 Å². The highest BCUT2D eigenvalue weighted by Gasteiger charge is 2.22. The summed E-state index contributed by atoms with van der Waals surface area (Å²) < 4.78 is 0. The molecule has 1 nitrogen and oxygen atoms in total. The molecule has 0 radical (unpaired) electrons. The largest absolute Gasteiger partial charge is 0.314 e. The van der Waals surface area contributed by atoms with Crippen molar-refractivity contribution in [2.45, 2.75) is 45.6 Å². The van der Waals surface area contributed by atoms with E-state index in [1.54, 1.807) is 0 Å². The van der Waals surface area contributed by atoms with E-state index in [-0.39, 0.29) is 0 Å². The summed E-state index contributed by atoms with van der Waals surface area (Å²) >= 11 is 1.82. The number of hydrogen-bond acceptors (Lipinski definition) is 2. The summed E-state index contributed by atoms with van der Waals surface area (Å²) in [6.45, 7) is 5.87. The van der Waals surface area contributed by atoms with Crippen LogP contribution in [0.5, 0.6) is 0 Å². The smallest absolute Gasteiger partial charge is 0.00683 e. The van der Waals surface area contributed by atoms with Gasteiger partial charge in [0.05, 0.1) is 0 Å². The molecule has 1 fully saturated rings. The van der Waals surface area contributed by atoms with Crippen LogP contribution < -0.4 is 5.32 Å². The van der Waals surface area contributed by atoms with Crippen LogP contribution in [0.15, 0.2) is 16.8 Å². The molecule has 1 unspecified atom stereocenters. The summed E-state index contributed by atoms with van der Waals surface area (Å²) in [5, 5.41) is 8.16. The molecule has 0 aromatic carbocycles. The van der Waals surface area contributed by atoms with Crippen LogP contribution in [0, 0.1) is 11.8 Å². The monoisotopic (exact) mass is 237 g/mol. The first-order chi connectivity index (χ1) is 7.74. The molecule has 1 heterocycles. The molecule has 1 saturated carbocycles. The molecule has 1 atom stereocenters. The first kappa shape index (κ1) is 12.1. The Balaban J connectivity index is 1.80. The molecule has 90 valence electrons. The molecule has 0 saturated heterocycles. The van der Waals surface area contributed by atoms with Crippen molar-refractivity contribution >= 4 is 11.3 Å². The quantitative estimate of drug-likeness (QED) is 0.762. The maximum atomic E-state index is 3.68. The third-order valence-electron chi connectivity index (χ3n) is 3.18. The molecule has 2 rings (SSSR count). The van der Waals surface area contributed by atoms with E-state index >= 15 is 0 Å². The number of hydrogen-bond donors (Lipinski definition) is 1. The molecule has 0 aliphatic heterocycles. The lowest BCUT2D eigenvalue weighted by atomic mass is 9.92. The molecule has 2 heteroatoms. The molecule has 16 heavy (non-hydrogen) atoms. The Kier molecular flexibility index (Phi) is 4.42. The van der Waals surface area contributed by atoms with Crippen molar-refractivity contribution in [2.24, 2.45) is 11.8 Å². The average molecular weight is 237 g/mol. The third kappa shape index (κ3) is 4.26. The predicted molar refractivity (Wildman–Crippen MR) is 72.0 cm³/mol. The molecular formula is C14H23NS. The highest BCUT2D eigenvalue weighted by molar-refractivity contribution is 7.07. The fourth-order valence-electron chi connectivity index (χ4n) is 2.27. The summed E-state index contributed by atoms with van der Waals surface area (Å²) in [7, 11) is 0. The van der Waals surface area contributed by atoms with E-state index in [0.29, 0.717) is 0 Å². The second-order valence-corrected chi connectivity index (χ2v) is 6.29. The summed E-state index contributed by atoms with van der Waals surface area (Å²) in [4.78, 5) is 0. The van der Waals surface area contributed by atoms with Gasteiger partial charge >= 0.3 is 0 Å². The van der Waals surface area contributed by atoms with Gasteiger partial charge in [0, 0.05) is 6.04 Å². The molecule has 1 aromatic rings. The minimum atomic E-state index is 0.810. The van der Waals surface area contributed by atoms with Gasteiger partial charge in [0.2, 0.25) is 0 Å². The fourth-order valence-corrected chi connectivity index (χ4v) is 2.95. The lowest BCUT2D eigenvalue weighted by Gasteiger charge is -2.19. The summed E-state index contributed by atoms with van der Waals surface area (Å²) in [5.41, 5.74) is 1.52. The van der Waals surface area contributed by atoms with Crippen molar-refractivity contribution in [3.8, 4) is 0 Å². The molecule has 1 N–H and O–H groups in total. The van der Waals surface area contributed by atoms with Crippen LogP contribution in [-0.4, -0.2) is 12.6 Å². The minimum Gasteiger partial charge on any atom is -0.314 e. The maximum absolute atomic E-state index is 3.68. The van der Waals surface area contributed by atoms with E-state index in [4.69, 9.17) is 0 Å². The second-order valence-electron chi connectivity index (χ2n) is 5.51. The number of thiophene rings is 1. The Morgan fingerprint density at radius 1 is 1.44 bits per heavy atom. The van der Waals surface area contributed by atoms with Gasteiger partial charge in [0.1, 0.15) is 0 Å². The zero-order chi connectivity index (χ0) is 11.4. The van der Waals surface area contributed by atoms with Gasteiger partial charge in [-0.15, -0.1) is 0 Å². The normalized spacial score (nSPS) is 17.9. The second kappa shape index (κ2) is 5.83. The first-order valence-electron chi connectivity index (χ1n) is 6.48. The Morgan fingerprint density at radius 2 is 2.25 bits per heavy atom. The Hall–Kier alpha value is -0.340. The zero-order valence-corrected chi connectivity index (χ0v) is 11.2. The molecule has 1 aliphatic rings. The van der Waals surface area contributed by atoms with E-state index in [1.807, 2.05) is 11.3 Å². The third-order valence-corrected chi connectivity index (χ3v) is 3.91. The van der Waals surface area contributed by atoms with Crippen LogP contribution >= 0.6 is 11.3 Å². The zero-order valence-electron chi connectivity index (χ0n) is 10.4. The van der Waals surface area contributed by atoms with Crippen molar-refractivity contribution < 1.29 is 0 Å². The molecular weight excluding hydrogens is 214 g/mol. The van der Waals surface area contributed by atoms with Crippen molar-refractivity contribution in [2.75, 3.05) is 6.54 Å². The highest BCUT2D eigenvalue weighted by atomic mass is 32.1. The van der Waals surface area contributed by atoms with Gasteiger partial charge in [-0.3, -0.25) is 0 Å². The Morgan fingerprint density at radius 3 is 2.81 bits per heavy atom. The molecule has 0 amide bonds. The van der Waals surface area contributed by atoms with Crippen molar-refractivity contribution in [3.63, 3.8) is 0 Å². The van der Waals surface area contributed by atoms with Crippen LogP contribution in [0.3, 0.4) is 0 Å². The van der Waals surface area contributed by atoms with Crippen LogP contribution in [0.2, 0.25) is 0 Å². The van der Waals surface area contributed by atoms with Gasteiger partial charge in [-0.25, -0.2) is 0 Å². The summed E-state index contributed by atoms with van der Waals surface area (Å²) in [6.07, 6.45) is 5.39. The average Bonchev–Trinajstić information content (AvgIpc) is 2.92. The Bertz CT molecular complexity index is 288. The van der Waals surface area contributed by atoms with Crippen LogP contribution in [-0.2, 0) is 6.42 Å². The van der Waals surface area contributed by atoms with Gasteiger partial charge in [-0.05, 0) is 66.5 Å². The van der Waals surface area contributed by atoms with Crippen LogP contribution in [0.4, 0.5) is 0 Å². The first-order valence-corrected chi connectivity index (χ1v) is 7.42. The van der Waals surface area contributed by atoms with Gasteiger partial charge in [0.15, 0.2) is 0 Å². The topological polar surface area (TPSA) is 12.0 Å². The Labute approximate surface area is 103 Å². The maximum Gasteiger partial charge on any atom is 0.00683 e. The molecule has 1 aromatic heterocycles. The highest BCUT2D eigenvalue weighted by Crippen LogP contribution is 2.22. The lowest BCUT2D eigenvalue weighted by molar-refractivity contribution is 0.384. The van der Waals surface area contributed by atoms with Crippen LogP contribution in [0.25, 0.3) is 0 Å². The van der Waals surface area contributed by atoms with E-state index in [9.17, 15) is 0 Å². The van der Waals surface area contributed by atoms with Gasteiger partial charge < -0.3 is 5.32 Å². The van der Waals surface area contributed by atoms with Crippen LogP contribution in [0.1, 0.15) is 38.7 Å². The molecule has 0 spiro atoms. The standard InChI is InChI=1S/C14H23NS/c1-11(2)7-13(9-15-14-3-4-14)8-12-5-6-16-10-12/h5-6,10-11,13-15H,3-4,7-9H2,1-2H3. The van der Waals surface area contributed by atoms with Crippen molar-refractivity contribution in [1.82, 2.24) is 5.32 Å². The van der Waals surface area contributed by atoms with Crippen molar-refractivity contribution in [3.05, 3.63) is 22.4 Å². The molecule has 1 aliphatic carbocycles.